The molecule has 11 nitrogen and oxygen atoms in total. The van der Waals surface area contributed by atoms with Crippen LogP contribution in [-0.4, -0.2) is 50.6 Å². The zero-order valence-electron chi connectivity index (χ0n) is 16.5. The summed E-state index contributed by atoms with van der Waals surface area (Å²) in [6.07, 6.45) is 1.52. The third-order valence-electron chi connectivity index (χ3n) is 5.02. The van der Waals surface area contributed by atoms with Crippen molar-refractivity contribution in [1.29, 1.82) is 0 Å². The molecule has 0 aromatic carbocycles. The number of aliphatic carboxylic acids is 2. The van der Waals surface area contributed by atoms with Crippen LogP contribution < -0.4 is 21.9 Å². The van der Waals surface area contributed by atoms with E-state index in [1.807, 2.05) is 6.07 Å². The number of rotatable bonds is 9. The van der Waals surface area contributed by atoms with Crippen LogP contribution in [0.2, 0.25) is 0 Å². The second-order valence-electron chi connectivity index (χ2n) is 7.33. The molecule has 2 atom stereocenters. The molecule has 0 saturated heterocycles. The number of nitrogens with two attached hydrogens (primary N) is 1. The summed E-state index contributed by atoms with van der Waals surface area (Å²) in [5.74, 6) is -2.14. The van der Waals surface area contributed by atoms with E-state index in [0.29, 0.717) is 35.6 Å². The summed E-state index contributed by atoms with van der Waals surface area (Å²) in [5, 5.41) is 23.4. The van der Waals surface area contributed by atoms with E-state index in [1.165, 1.54) is 11.3 Å². The summed E-state index contributed by atoms with van der Waals surface area (Å²) in [6, 6.07) is 2.17. The zero-order chi connectivity index (χ0) is 22.5. The molecule has 12 heteroatoms. The second kappa shape index (κ2) is 9.60. The minimum Gasteiger partial charge on any atom is -0.481 e. The lowest BCUT2D eigenvalue weighted by Crippen LogP contribution is -2.40. The molecular weight excluding hydrogens is 426 g/mol. The maximum atomic E-state index is 12.3. The van der Waals surface area contributed by atoms with Crippen molar-refractivity contribution in [2.75, 3.05) is 17.6 Å². The van der Waals surface area contributed by atoms with Crippen molar-refractivity contribution in [3.05, 3.63) is 37.8 Å². The monoisotopic (exact) mass is 449 g/mol. The number of nitrogens with zero attached hydrogens (tertiary/aromatic N) is 1. The molecule has 7 N–H and O–H groups in total. The first-order valence-corrected chi connectivity index (χ1v) is 10.5. The van der Waals surface area contributed by atoms with Gasteiger partial charge >= 0.3 is 11.9 Å². The van der Waals surface area contributed by atoms with Crippen molar-refractivity contribution in [3.63, 3.8) is 0 Å². The highest BCUT2D eigenvalue weighted by Crippen LogP contribution is 2.25. The molecule has 0 spiro atoms. The van der Waals surface area contributed by atoms with Gasteiger partial charge in [-0.05, 0) is 43.7 Å². The first-order valence-electron chi connectivity index (χ1n) is 9.69. The van der Waals surface area contributed by atoms with Crippen LogP contribution in [0.5, 0.6) is 0 Å². The van der Waals surface area contributed by atoms with Gasteiger partial charge in [-0.2, -0.15) is 4.98 Å². The molecule has 1 aliphatic rings. The lowest BCUT2D eigenvalue weighted by Gasteiger charge is -2.24. The van der Waals surface area contributed by atoms with Crippen LogP contribution in [0.3, 0.4) is 0 Å². The Bertz CT molecular complexity index is 1050. The standard InChI is InChI=1S/C19H23N5O6S/c20-19-23-15-11(16(27)24-19)7-9(8-21-15)1-2-10-3-5-13(31-10)17(28)22-12(18(29)30)4-6-14(25)26/h3,5,9,12H,1-2,4,6-8H2,(H,22,28)(H,25,26)(H,29,30)(H4,20,21,23,24,27)/t9-,12-/m1/s1. The van der Waals surface area contributed by atoms with E-state index in [4.69, 9.17) is 10.8 Å². The van der Waals surface area contributed by atoms with Gasteiger partial charge in [-0.25, -0.2) is 4.79 Å². The molecule has 31 heavy (non-hydrogen) atoms. The van der Waals surface area contributed by atoms with Crippen molar-refractivity contribution in [3.8, 4) is 0 Å². The Morgan fingerprint density at radius 3 is 2.81 bits per heavy atom. The third-order valence-corrected chi connectivity index (χ3v) is 6.16. The summed E-state index contributed by atoms with van der Waals surface area (Å²) >= 11 is 1.26. The molecule has 0 saturated carbocycles. The van der Waals surface area contributed by atoms with Gasteiger partial charge in [0.15, 0.2) is 0 Å². The molecule has 166 valence electrons. The summed E-state index contributed by atoms with van der Waals surface area (Å²) in [4.78, 5) is 54.2. The highest BCUT2D eigenvalue weighted by Gasteiger charge is 2.24. The highest BCUT2D eigenvalue weighted by molar-refractivity contribution is 7.14. The molecule has 0 bridgehead atoms. The molecule has 0 fully saturated rings. The number of hydrogen-bond acceptors (Lipinski definition) is 8. The third kappa shape index (κ3) is 5.81. The maximum absolute atomic E-state index is 12.3. The predicted molar refractivity (Wildman–Crippen MR) is 113 cm³/mol. The van der Waals surface area contributed by atoms with E-state index in [9.17, 15) is 24.3 Å². The molecule has 0 radical (unpaired) electrons. The maximum Gasteiger partial charge on any atom is 0.326 e. The van der Waals surface area contributed by atoms with Crippen molar-refractivity contribution >= 4 is 40.9 Å². The molecule has 0 aliphatic carbocycles. The number of anilines is 2. The van der Waals surface area contributed by atoms with Gasteiger partial charge in [0.25, 0.3) is 11.5 Å². The van der Waals surface area contributed by atoms with Gasteiger partial charge in [0.05, 0.1) is 10.4 Å². The minimum atomic E-state index is -1.28. The van der Waals surface area contributed by atoms with Crippen LogP contribution in [0.4, 0.5) is 11.8 Å². The van der Waals surface area contributed by atoms with Crippen LogP contribution in [0.15, 0.2) is 16.9 Å². The number of carboxylic acid groups (broad SMARTS) is 2. The SMILES string of the molecule is Nc1nc2c(c(=O)[nH]1)C[C@@H](CCc1ccc(C(=O)N[C@H](CCC(=O)O)C(=O)O)s1)CN2. The summed E-state index contributed by atoms with van der Waals surface area (Å²) in [5.41, 5.74) is 5.90. The van der Waals surface area contributed by atoms with Crippen molar-refractivity contribution in [1.82, 2.24) is 15.3 Å². The first-order chi connectivity index (χ1) is 14.7. The number of carbonyl (C=O) groups is 3. The van der Waals surface area contributed by atoms with Crippen molar-refractivity contribution in [2.24, 2.45) is 5.92 Å². The number of carbonyl (C=O) groups excluding carboxylic acids is 1. The smallest absolute Gasteiger partial charge is 0.326 e. The number of fused-ring (bicyclic) bond motifs is 1. The van der Waals surface area contributed by atoms with Gasteiger partial charge < -0.3 is 26.6 Å². The number of carboxylic acids is 2. The van der Waals surface area contributed by atoms with Gasteiger partial charge in [0, 0.05) is 17.8 Å². The number of aromatic amines is 1. The van der Waals surface area contributed by atoms with Crippen LogP contribution in [0.25, 0.3) is 0 Å². The Balaban J connectivity index is 1.55. The average Bonchev–Trinajstić information content (AvgIpc) is 3.18. The quantitative estimate of drug-likeness (QED) is 0.320. The van der Waals surface area contributed by atoms with Gasteiger partial charge in [-0.15, -0.1) is 11.3 Å². The number of aromatic nitrogens is 2. The number of thiophene rings is 1. The molecule has 2 aromatic heterocycles. The summed E-state index contributed by atoms with van der Waals surface area (Å²) < 4.78 is 0. The molecule has 1 aliphatic heterocycles. The Kier molecular flexibility index (Phi) is 6.90. The number of aryl methyl sites for hydroxylation is 1. The largest absolute Gasteiger partial charge is 0.481 e. The lowest BCUT2D eigenvalue weighted by molar-refractivity contribution is -0.140. The summed E-state index contributed by atoms with van der Waals surface area (Å²) in [7, 11) is 0. The van der Waals surface area contributed by atoms with Crippen LogP contribution >= 0.6 is 11.3 Å². The van der Waals surface area contributed by atoms with Crippen LogP contribution in [0.1, 0.15) is 39.4 Å². The van der Waals surface area contributed by atoms with Crippen molar-refractivity contribution in [2.45, 2.75) is 38.1 Å². The van der Waals surface area contributed by atoms with Gasteiger partial charge in [-0.3, -0.25) is 19.4 Å². The normalized spacial score (nSPS) is 16.1. The topological polar surface area (TPSA) is 187 Å². The van der Waals surface area contributed by atoms with Gasteiger partial charge in [0.1, 0.15) is 11.9 Å². The molecule has 0 unspecified atom stereocenters. The highest BCUT2D eigenvalue weighted by atomic mass is 32.1. The molecular formula is C19H23N5O6S. The number of nitrogen functional groups attached to an aromatic ring is 1. The van der Waals surface area contributed by atoms with E-state index in [1.54, 1.807) is 6.07 Å². The Labute approximate surface area is 180 Å². The van der Waals surface area contributed by atoms with E-state index in [2.05, 4.69) is 20.6 Å². The van der Waals surface area contributed by atoms with Crippen LogP contribution in [0, 0.1) is 5.92 Å². The van der Waals surface area contributed by atoms with Gasteiger partial charge in [0.2, 0.25) is 5.95 Å². The van der Waals surface area contributed by atoms with E-state index < -0.39 is 23.9 Å². The molecule has 3 heterocycles. The Morgan fingerprint density at radius 2 is 2.10 bits per heavy atom. The van der Waals surface area contributed by atoms with E-state index >= 15 is 0 Å². The predicted octanol–water partition coefficient (Wildman–Crippen LogP) is 0.678. The Hall–Kier alpha value is -3.41. The molecule has 3 rings (SSSR count). The molecule has 2 aromatic rings. The summed E-state index contributed by atoms with van der Waals surface area (Å²) in [6.45, 7) is 0.658. The first kappa shape index (κ1) is 22.3. The van der Waals surface area contributed by atoms with E-state index in [0.717, 1.165) is 11.3 Å². The Morgan fingerprint density at radius 1 is 1.32 bits per heavy atom. The minimum absolute atomic E-state index is 0.0761. The van der Waals surface area contributed by atoms with E-state index in [-0.39, 0.29) is 30.3 Å². The lowest BCUT2D eigenvalue weighted by atomic mass is 9.92. The number of hydrogen-bond donors (Lipinski definition) is 6. The van der Waals surface area contributed by atoms with Crippen LogP contribution in [-0.2, 0) is 22.4 Å². The number of amides is 1. The van der Waals surface area contributed by atoms with Gasteiger partial charge in [-0.1, -0.05) is 0 Å². The second-order valence-corrected chi connectivity index (χ2v) is 8.50. The van der Waals surface area contributed by atoms with Crippen molar-refractivity contribution < 1.29 is 24.6 Å². The number of nitrogens with one attached hydrogen (secondary N) is 3. The fraction of sp³-hybridized carbons (Fsp3) is 0.421. The fourth-order valence-electron chi connectivity index (χ4n) is 3.39. The number of H-pyrrole nitrogens is 1. The molecule has 1 amide bonds. The zero-order valence-corrected chi connectivity index (χ0v) is 17.3. The average molecular weight is 449 g/mol. The fourth-order valence-corrected chi connectivity index (χ4v) is 4.32.